The highest BCUT2D eigenvalue weighted by Crippen LogP contribution is 2.39. The summed E-state index contributed by atoms with van der Waals surface area (Å²) in [4.78, 5) is 34.9. The van der Waals surface area contributed by atoms with E-state index in [0.717, 1.165) is 12.1 Å². The quantitative estimate of drug-likeness (QED) is 0.493. The fourth-order valence-electron chi connectivity index (χ4n) is 2.98. The van der Waals surface area contributed by atoms with Crippen LogP contribution in [-0.4, -0.2) is 30.1 Å². The Morgan fingerprint density at radius 2 is 1.76 bits per heavy atom. The maximum atomic E-state index is 13.7. The Kier molecular flexibility index (Phi) is 7.06. The topological polar surface area (TPSA) is 115 Å². The number of aryl methyl sites for hydroxylation is 2. The first kappa shape index (κ1) is 24.9. The zero-order valence-electron chi connectivity index (χ0n) is 17.7. The molecule has 180 valence electrons. The van der Waals surface area contributed by atoms with Crippen molar-refractivity contribution in [1.29, 1.82) is 0 Å². The van der Waals surface area contributed by atoms with Crippen molar-refractivity contribution in [2.75, 3.05) is 13.2 Å². The van der Waals surface area contributed by atoms with Crippen LogP contribution in [0.15, 0.2) is 39.5 Å². The van der Waals surface area contributed by atoms with E-state index in [0.29, 0.717) is 16.1 Å². The molecule has 2 aromatic carbocycles. The maximum absolute atomic E-state index is 13.7. The van der Waals surface area contributed by atoms with Crippen LogP contribution in [0.4, 0.5) is 13.2 Å². The molecule has 2 N–H and O–H groups in total. The molecule has 0 atom stereocenters. The summed E-state index contributed by atoms with van der Waals surface area (Å²) in [5.41, 5.74) is -0.421. The summed E-state index contributed by atoms with van der Waals surface area (Å²) in [6, 6.07) is 6.21. The number of carbonyl (C=O) groups is 2. The summed E-state index contributed by atoms with van der Waals surface area (Å²) in [5.74, 6) is -4.81. The van der Waals surface area contributed by atoms with Gasteiger partial charge in [-0.15, -0.1) is 0 Å². The molecule has 3 aromatic rings. The van der Waals surface area contributed by atoms with Gasteiger partial charge >= 0.3 is 12.1 Å². The van der Waals surface area contributed by atoms with Crippen molar-refractivity contribution >= 4 is 34.4 Å². The number of fused-ring (bicyclic) bond motifs is 1. The van der Waals surface area contributed by atoms with Gasteiger partial charge in [0.15, 0.2) is 6.61 Å². The molecule has 1 aromatic heterocycles. The lowest BCUT2D eigenvalue weighted by atomic mass is 10.1. The minimum absolute atomic E-state index is 0.0242. The van der Waals surface area contributed by atoms with Gasteiger partial charge in [-0.3, -0.25) is 14.4 Å². The second-order valence-electron chi connectivity index (χ2n) is 7.18. The number of benzene rings is 2. The number of carboxylic acids is 1. The fraction of sp³-hybridized carbons (Fsp3) is 0.227. The first-order chi connectivity index (χ1) is 15.9. The Labute approximate surface area is 194 Å². The Hall–Kier alpha value is -3.73. The van der Waals surface area contributed by atoms with E-state index in [1.54, 1.807) is 13.8 Å². The third-order valence-corrected chi connectivity index (χ3v) is 5.11. The maximum Gasteiger partial charge on any atom is 0.453 e. The van der Waals surface area contributed by atoms with Gasteiger partial charge < -0.3 is 24.3 Å². The summed E-state index contributed by atoms with van der Waals surface area (Å²) in [7, 11) is 0. The second kappa shape index (κ2) is 9.64. The van der Waals surface area contributed by atoms with Gasteiger partial charge in [0.05, 0.1) is 5.39 Å². The molecule has 0 bridgehead atoms. The molecule has 3 rings (SSSR count). The number of ether oxygens (including phenoxy) is 2. The molecule has 0 fully saturated rings. The molecule has 1 amide bonds. The third kappa shape index (κ3) is 5.60. The summed E-state index contributed by atoms with van der Waals surface area (Å²) < 4.78 is 56.6. The predicted molar refractivity (Wildman–Crippen MR) is 115 cm³/mol. The number of hydrogen-bond acceptors (Lipinski definition) is 6. The third-order valence-electron chi connectivity index (χ3n) is 4.52. The summed E-state index contributed by atoms with van der Waals surface area (Å²) in [6.07, 6.45) is -5.06. The molecule has 0 aliphatic rings. The summed E-state index contributed by atoms with van der Waals surface area (Å²) in [6.45, 7) is 2.04. The monoisotopic (exact) mass is 499 g/mol. The van der Waals surface area contributed by atoms with Gasteiger partial charge in [0.1, 0.15) is 23.6 Å². The van der Waals surface area contributed by atoms with Crippen LogP contribution in [0.5, 0.6) is 17.2 Å². The van der Waals surface area contributed by atoms with Gasteiger partial charge in [0.25, 0.3) is 11.7 Å². The number of alkyl halides is 3. The lowest BCUT2D eigenvalue weighted by molar-refractivity contribution is -0.154. The number of rotatable bonds is 7. The number of aliphatic carboxylic acids is 1. The first-order valence-corrected chi connectivity index (χ1v) is 9.98. The summed E-state index contributed by atoms with van der Waals surface area (Å²) >= 11 is 6.08. The molecule has 0 aliphatic carbocycles. The Morgan fingerprint density at radius 3 is 2.35 bits per heavy atom. The first-order valence-electron chi connectivity index (χ1n) is 9.60. The minimum Gasteiger partial charge on any atom is -0.484 e. The van der Waals surface area contributed by atoms with Crippen LogP contribution in [0.1, 0.15) is 16.9 Å². The predicted octanol–water partition coefficient (Wildman–Crippen LogP) is 4.45. The molecule has 0 saturated carbocycles. The average molecular weight is 500 g/mol. The van der Waals surface area contributed by atoms with Crippen molar-refractivity contribution in [2.24, 2.45) is 0 Å². The Morgan fingerprint density at radius 1 is 1.12 bits per heavy atom. The van der Waals surface area contributed by atoms with Gasteiger partial charge in [-0.1, -0.05) is 11.6 Å². The summed E-state index contributed by atoms with van der Waals surface area (Å²) in [5, 5.41) is 10.8. The van der Waals surface area contributed by atoms with E-state index in [1.165, 1.54) is 18.2 Å². The molecule has 0 aliphatic heterocycles. The molecular formula is C22H17ClF3NO7. The SMILES string of the molecule is Cc1cc(Oc2c(C(F)(F)F)oc3cc(OCC(=O)NCC(=O)O)ccc3c2=O)cc(C)c1Cl. The van der Waals surface area contributed by atoms with Gasteiger partial charge in [-0.25, -0.2) is 0 Å². The number of carboxylic acid groups (broad SMARTS) is 1. The van der Waals surface area contributed by atoms with Crippen molar-refractivity contribution in [2.45, 2.75) is 20.0 Å². The highest BCUT2D eigenvalue weighted by molar-refractivity contribution is 6.32. The van der Waals surface area contributed by atoms with Crippen molar-refractivity contribution in [3.8, 4) is 17.2 Å². The largest absolute Gasteiger partial charge is 0.484 e. The Bertz CT molecular complexity index is 1310. The van der Waals surface area contributed by atoms with Crippen LogP contribution in [-0.2, 0) is 15.8 Å². The normalized spacial score (nSPS) is 11.4. The van der Waals surface area contributed by atoms with E-state index in [9.17, 15) is 27.6 Å². The second-order valence-corrected chi connectivity index (χ2v) is 7.56. The molecule has 0 unspecified atom stereocenters. The van der Waals surface area contributed by atoms with Crippen LogP contribution in [0.3, 0.4) is 0 Å². The van der Waals surface area contributed by atoms with Crippen LogP contribution in [0, 0.1) is 13.8 Å². The Balaban J connectivity index is 1.98. The van der Waals surface area contributed by atoms with E-state index >= 15 is 0 Å². The number of nitrogens with one attached hydrogen (secondary N) is 1. The molecule has 0 saturated heterocycles. The van der Waals surface area contributed by atoms with Crippen LogP contribution >= 0.6 is 11.6 Å². The van der Waals surface area contributed by atoms with E-state index in [1.807, 2.05) is 0 Å². The van der Waals surface area contributed by atoms with E-state index in [-0.39, 0.29) is 16.9 Å². The molecular weight excluding hydrogens is 483 g/mol. The van der Waals surface area contributed by atoms with Crippen molar-refractivity contribution < 1.29 is 41.8 Å². The van der Waals surface area contributed by atoms with Gasteiger partial charge in [0.2, 0.25) is 11.2 Å². The van der Waals surface area contributed by atoms with Crippen LogP contribution < -0.4 is 20.2 Å². The highest BCUT2D eigenvalue weighted by atomic mass is 35.5. The van der Waals surface area contributed by atoms with Gasteiger partial charge in [-0.2, -0.15) is 13.2 Å². The van der Waals surface area contributed by atoms with E-state index in [4.69, 9.17) is 30.6 Å². The van der Waals surface area contributed by atoms with Crippen LogP contribution in [0.25, 0.3) is 11.0 Å². The minimum atomic E-state index is -5.06. The van der Waals surface area contributed by atoms with Gasteiger partial charge in [0, 0.05) is 11.1 Å². The van der Waals surface area contributed by atoms with Crippen LogP contribution in [0.2, 0.25) is 5.02 Å². The van der Waals surface area contributed by atoms with Gasteiger partial charge in [-0.05, 0) is 49.2 Å². The lowest BCUT2D eigenvalue weighted by Crippen LogP contribution is -2.33. The molecule has 12 heteroatoms. The zero-order valence-corrected chi connectivity index (χ0v) is 18.5. The van der Waals surface area contributed by atoms with Crippen molar-refractivity contribution in [1.82, 2.24) is 5.32 Å². The number of amides is 1. The van der Waals surface area contributed by atoms with E-state index in [2.05, 4.69) is 5.32 Å². The number of carbonyl (C=O) groups excluding carboxylic acids is 1. The molecule has 1 heterocycles. The zero-order chi connectivity index (χ0) is 25.2. The van der Waals surface area contributed by atoms with Crippen molar-refractivity contribution in [3.63, 3.8) is 0 Å². The number of hydrogen-bond donors (Lipinski definition) is 2. The van der Waals surface area contributed by atoms with E-state index < -0.39 is 53.7 Å². The lowest BCUT2D eigenvalue weighted by Gasteiger charge is -2.15. The molecule has 34 heavy (non-hydrogen) atoms. The fourth-order valence-corrected chi connectivity index (χ4v) is 3.09. The number of halogens is 4. The molecule has 0 spiro atoms. The molecule has 0 radical (unpaired) electrons. The highest BCUT2D eigenvalue weighted by Gasteiger charge is 2.40. The van der Waals surface area contributed by atoms with Crippen molar-refractivity contribution in [3.05, 3.63) is 62.5 Å². The molecule has 8 nitrogen and oxygen atoms in total. The average Bonchev–Trinajstić information content (AvgIpc) is 2.75. The smallest absolute Gasteiger partial charge is 0.453 e. The standard InChI is InChI=1S/C22H17ClF3NO7/c1-10-5-13(6-11(2)18(10)23)33-20-19(31)14-4-3-12(32-9-16(28)27-8-17(29)30)7-15(14)34-21(20)22(24,25)26/h3-7H,8-9H2,1-2H3,(H,27,28)(H,29,30).